The van der Waals surface area contributed by atoms with Gasteiger partial charge in [-0.05, 0) is 6.42 Å². The maximum Gasteiger partial charge on any atom is 0.305 e. The molecule has 0 amide bonds. The molecule has 11 heavy (non-hydrogen) atoms. The highest BCUT2D eigenvalue weighted by molar-refractivity contribution is 7.80. The van der Waals surface area contributed by atoms with Crippen molar-refractivity contribution in [3.63, 3.8) is 0 Å². The Balaban J connectivity index is 3.23. The van der Waals surface area contributed by atoms with Crippen LogP contribution in [0.3, 0.4) is 0 Å². The third kappa shape index (κ3) is 7.64. The van der Waals surface area contributed by atoms with Crippen LogP contribution in [0.1, 0.15) is 12.8 Å². The van der Waals surface area contributed by atoms with Crippen LogP contribution in [0, 0.1) is 0 Å². The molecule has 66 valence electrons. The molecule has 0 aliphatic rings. The van der Waals surface area contributed by atoms with Crippen LogP contribution < -0.4 is 11.5 Å². The third-order valence-electron chi connectivity index (χ3n) is 1.03. The Morgan fingerprint density at radius 1 is 1.64 bits per heavy atom. The summed E-state index contributed by atoms with van der Waals surface area (Å²) in [5.41, 5.74) is 10.4. The second-order valence-electron chi connectivity index (χ2n) is 2.12. The van der Waals surface area contributed by atoms with Crippen molar-refractivity contribution < 1.29 is 9.53 Å². The van der Waals surface area contributed by atoms with E-state index in [4.69, 9.17) is 11.5 Å². The number of ether oxygens (including phenoxy) is 1. The predicted molar refractivity (Wildman–Crippen MR) is 46.2 cm³/mol. The molecule has 0 aliphatic carbocycles. The van der Waals surface area contributed by atoms with Crippen LogP contribution in [0.4, 0.5) is 0 Å². The molecule has 0 aromatic rings. The largest absolute Gasteiger partial charge is 0.464 e. The van der Waals surface area contributed by atoms with Gasteiger partial charge in [-0.2, -0.15) is 12.6 Å². The second-order valence-corrected chi connectivity index (χ2v) is 2.78. The molecule has 0 radical (unpaired) electrons. The van der Waals surface area contributed by atoms with Crippen molar-refractivity contribution in [2.45, 2.75) is 18.2 Å². The molecule has 5 heteroatoms. The fourth-order valence-corrected chi connectivity index (χ4v) is 0.640. The smallest absolute Gasteiger partial charge is 0.305 e. The molecular formula is C6H14N2O2S. The monoisotopic (exact) mass is 178 g/mol. The molecule has 0 saturated heterocycles. The predicted octanol–water partition coefficient (Wildman–Crippen LogP) is -0.517. The van der Waals surface area contributed by atoms with Crippen molar-refractivity contribution >= 4 is 18.6 Å². The van der Waals surface area contributed by atoms with E-state index in [2.05, 4.69) is 17.4 Å². The summed E-state index contributed by atoms with van der Waals surface area (Å²) in [4.78, 5) is 10.7. The minimum atomic E-state index is -0.264. The van der Waals surface area contributed by atoms with Crippen molar-refractivity contribution in [1.82, 2.24) is 0 Å². The first-order valence-corrected chi connectivity index (χ1v) is 3.97. The van der Waals surface area contributed by atoms with Gasteiger partial charge in [0, 0.05) is 18.3 Å². The second kappa shape index (κ2) is 6.45. The number of carbonyl (C=O) groups excluding carboxylic acids is 1. The van der Waals surface area contributed by atoms with Crippen LogP contribution in [-0.4, -0.2) is 24.5 Å². The summed E-state index contributed by atoms with van der Waals surface area (Å²) in [6, 6.07) is 0. The minimum absolute atomic E-state index is 0.250. The first-order valence-electron chi connectivity index (χ1n) is 3.46. The van der Waals surface area contributed by atoms with E-state index in [9.17, 15) is 4.79 Å². The summed E-state index contributed by atoms with van der Waals surface area (Å²) in [5.74, 6) is -0.264. The number of thiol groups is 1. The van der Waals surface area contributed by atoms with Crippen LogP contribution in [-0.2, 0) is 9.53 Å². The van der Waals surface area contributed by atoms with Crippen molar-refractivity contribution in [1.29, 1.82) is 0 Å². The first kappa shape index (κ1) is 10.7. The van der Waals surface area contributed by atoms with Crippen molar-refractivity contribution in [2.24, 2.45) is 11.5 Å². The maximum atomic E-state index is 10.7. The number of carbonyl (C=O) groups is 1. The number of hydrogen-bond acceptors (Lipinski definition) is 5. The van der Waals surface area contributed by atoms with Gasteiger partial charge in [0.1, 0.15) is 6.61 Å². The van der Waals surface area contributed by atoms with Gasteiger partial charge in [0.15, 0.2) is 0 Å². The third-order valence-corrected chi connectivity index (χ3v) is 1.28. The molecular weight excluding hydrogens is 164 g/mol. The topological polar surface area (TPSA) is 78.3 Å². The van der Waals surface area contributed by atoms with Gasteiger partial charge in [-0.3, -0.25) is 4.79 Å². The van der Waals surface area contributed by atoms with Crippen LogP contribution in [0.5, 0.6) is 0 Å². The zero-order chi connectivity index (χ0) is 8.69. The SMILES string of the molecule is NCCOC(=O)CCC(N)S. The molecule has 0 aromatic heterocycles. The summed E-state index contributed by atoms with van der Waals surface area (Å²) < 4.78 is 4.69. The highest BCUT2D eigenvalue weighted by atomic mass is 32.1. The van der Waals surface area contributed by atoms with Crippen LogP contribution in [0.2, 0.25) is 0 Å². The number of rotatable bonds is 5. The molecule has 0 heterocycles. The number of nitrogens with two attached hydrogens (primary N) is 2. The normalized spacial score (nSPS) is 12.6. The van der Waals surface area contributed by atoms with Gasteiger partial charge in [0.2, 0.25) is 0 Å². The molecule has 0 aromatic carbocycles. The van der Waals surface area contributed by atoms with Crippen LogP contribution in [0.15, 0.2) is 0 Å². The van der Waals surface area contributed by atoms with Crippen molar-refractivity contribution in [2.75, 3.05) is 13.2 Å². The lowest BCUT2D eigenvalue weighted by Gasteiger charge is -2.04. The fraction of sp³-hybridized carbons (Fsp3) is 0.833. The van der Waals surface area contributed by atoms with E-state index in [0.717, 1.165) is 0 Å². The summed E-state index contributed by atoms with van der Waals surface area (Å²) in [6.07, 6.45) is 0.844. The zero-order valence-corrected chi connectivity index (χ0v) is 7.22. The molecule has 0 rings (SSSR count). The van der Waals surface area contributed by atoms with E-state index in [1.165, 1.54) is 0 Å². The van der Waals surface area contributed by atoms with Gasteiger partial charge >= 0.3 is 5.97 Å². The lowest BCUT2D eigenvalue weighted by Crippen LogP contribution is -2.17. The average molecular weight is 178 g/mol. The van der Waals surface area contributed by atoms with Crippen LogP contribution >= 0.6 is 12.6 Å². The molecule has 0 saturated carbocycles. The van der Waals surface area contributed by atoms with Crippen LogP contribution in [0.25, 0.3) is 0 Å². The Bertz CT molecular complexity index is 119. The van der Waals surface area contributed by atoms with E-state index in [-0.39, 0.29) is 18.0 Å². The Labute approximate surface area is 71.7 Å². The Morgan fingerprint density at radius 2 is 2.27 bits per heavy atom. The molecule has 4 N–H and O–H groups in total. The van der Waals surface area contributed by atoms with E-state index in [0.29, 0.717) is 19.4 Å². The quantitative estimate of drug-likeness (QED) is 0.301. The molecule has 0 fully saturated rings. The first-order chi connectivity index (χ1) is 5.16. The van der Waals surface area contributed by atoms with Gasteiger partial charge in [0.25, 0.3) is 0 Å². The Hall–Kier alpha value is -0.260. The lowest BCUT2D eigenvalue weighted by molar-refractivity contribution is -0.143. The summed E-state index contributed by atoms with van der Waals surface area (Å²) >= 11 is 3.91. The van der Waals surface area contributed by atoms with Gasteiger partial charge in [0.05, 0.1) is 0 Å². The number of esters is 1. The minimum Gasteiger partial charge on any atom is -0.464 e. The van der Waals surface area contributed by atoms with Gasteiger partial charge < -0.3 is 16.2 Å². The summed E-state index contributed by atoms with van der Waals surface area (Å²) in [5, 5.41) is -0.250. The van der Waals surface area contributed by atoms with Crippen molar-refractivity contribution in [3.8, 4) is 0 Å². The molecule has 4 nitrogen and oxygen atoms in total. The fourth-order valence-electron chi connectivity index (χ4n) is 0.511. The maximum absolute atomic E-state index is 10.7. The summed E-state index contributed by atoms with van der Waals surface area (Å²) in [6.45, 7) is 0.638. The Kier molecular flexibility index (Phi) is 6.30. The van der Waals surface area contributed by atoms with Gasteiger partial charge in [-0.1, -0.05) is 0 Å². The van der Waals surface area contributed by atoms with Crippen molar-refractivity contribution in [3.05, 3.63) is 0 Å². The van der Waals surface area contributed by atoms with E-state index < -0.39 is 0 Å². The highest BCUT2D eigenvalue weighted by Crippen LogP contribution is 1.98. The molecule has 1 unspecified atom stereocenters. The molecule has 0 spiro atoms. The van der Waals surface area contributed by atoms with E-state index in [1.807, 2.05) is 0 Å². The van der Waals surface area contributed by atoms with Gasteiger partial charge in [-0.25, -0.2) is 0 Å². The highest BCUT2D eigenvalue weighted by Gasteiger charge is 2.03. The Morgan fingerprint density at radius 3 is 2.73 bits per heavy atom. The summed E-state index contributed by atoms with van der Waals surface area (Å²) in [7, 11) is 0. The average Bonchev–Trinajstić information content (AvgIpc) is 1.97. The van der Waals surface area contributed by atoms with E-state index in [1.54, 1.807) is 0 Å². The molecule has 0 bridgehead atoms. The number of hydrogen-bond donors (Lipinski definition) is 3. The molecule has 0 aliphatic heterocycles. The van der Waals surface area contributed by atoms with Gasteiger partial charge in [-0.15, -0.1) is 0 Å². The molecule has 1 atom stereocenters. The standard InChI is InChI=1S/C6H14N2O2S/c7-3-4-10-6(9)2-1-5(8)11/h5,11H,1-4,7-8H2. The lowest BCUT2D eigenvalue weighted by atomic mass is 10.3. The zero-order valence-electron chi connectivity index (χ0n) is 6.32. The van der Waals surface area contributed by atoms with E-state index >= 15 is 0 Å².